The molecule has 0 atom stereocenters. The van der Waals surface area contributed by atoms with Crippen molar-refractivity contribution in [1.29, 1.82) is 0 Å². The number of phenolic OH excluding ortho intramolecular Hbond substituents is 1. The molecular formula is C15H11ClN2O2. The highest BCUT2D eigenvalue weighted by atomic mass is 35.5. The first-order valence-corrected chi connectivity index (χ1v) is 6.36. The molecule has 0 bridgehead atoms. The normalized spacial score (nSPS) is 10.7. The molecule has 3 rings (SSSR count). The lowest BCUT2D eigenvalue weighted by atomic mass is 10.2. The van der Waals surface area contributed by atoms with Crippen molar-refractivity contribution in [2.75, 3.05) is 7.11 Å². The second kappa shape index (κ2) is 4.98. The standard InChI is InChI=1S/C15H11ClN2O2/c1-20-11-4-2-3-9(7-11)15-17-13-6-5-10(19)8-12(13)14(16)18-15/h2-8,19H,1H3. The van der Waals surface area contributed by atoms with Crippen LogP contribution in [0.3, 0.4) is 0 Å². The minimum absolute atomic E-state index is 0.136. The molecule has 0 radical (unpaired) electrons. The Hall–Kier alpha value is -2.33. The average molecular weight is 287 g/mol. The van der Waals surface area contributed by atoms with E-state index < -0.39 is 0 Å². The zero-order chi connectivity index (χ0) is 14.1. The topological polar surface area (TPSA) is 55.2 Å². The fourth-order valence-electron chi connectivity index (χ4n) is 1.97. The van der Waals surface area contributed by atoms with E-state index in [4.69, 9.17) is 16.3 Å². The van der Waals surface area contributed by atoms with E-state index in [-0.39, 0.29) is 5.75 Å². The van der Waals surface area contributed by atoms with Gasteiger partial charge in [0.25, 0.3) is 0 Å². The fraction of sp³-hybridized carbons (Fsp3) is 0.0667. The van der Waals surface area contributed by atoms with Crippen LogP contribution in [-0.2, 0) is 0 Å². The van der Waals surface area contributed by atoms with E-state index in [9.17, 15) is 5.11 Å². The molecule has 2 aromatic carbocycles. The van der Waals surface area contributed by atoms with Crippen LogP contribution < -0.4 is 4.74 Å². The van der Waals surface area contributed by atoms with Crippen LogP contribution in [0.4, 0.5) is 0 Å². The lowest BCUT2D eigenvalue weighted by molar-refractivity contribution is 0.415. The van der Waals surface area contributed by atoms with Crippen LogP contribution in [0.15, 0.2) is 42.5 Å². The van der Waals surface area contributed by atoms with Crippen molar-refractivity contribution in [2.24, 2.45) is 0 Å². The van der Waals surface area contributed by atoms with Crippen LogP contribution in [0.5, 0.6) is 11.5 Å². The third kappa shape index (κ3) is 2.26. The first-order valence-electron chi connectivity index (χ1n) is 5.98. The molecule has 1 heterocycles. The van der Waals surface area contributed by atoms with E-state index in [2.05, 4.69) is 9.97 Å². The summed E-state index contributed by atoms with van der Waals surface area (Å²) in [6.07, 6.45) is 0. The van der Waals surface area contributed by atoms with Gasteiger partial charge in [0.15, 0.2) is 5.82 Å². The molecule has 0 aliphatic heterocycles. The van der Waals surface area contributed by atoms with E-state index in [1.165, 1.54) is 0 Å². The summed E-state index contributed by atoms with van der Waals surface area (Å²) in [4.78, 5) is 8.74. The fourth-order valence-corrected chi connectivity index (χ4v) is 2.20. The number of methoxy groups -OCH3 is 1. The molecule has 20 heavy (non-hydrogen) atoms. The van der Waals surface area contributed by atoms with Crippen molar-refractivity contribution in [2.45, 2.75) is 0 Å². The summed E-state index contributed by atoms with van der Waals surface area (Å²) in [5.41, 5.74) is 1.50. The number of benzene rings is 2. The number of hydrogen-bond acceptors (Lipinski definition) is 4. The number of nitrogens with zero attached hydrogens (tertiary/aromatic N) is 2. The quantitative estimate of drug-likeness (QED) is 0.730. The van der Waals surface area contributed by atoms with Crippen LogP contribution in [-0.4, -0.2) is 22.2 Å². The molecule has 0 saturated heterocycles. The summed E-state index contributed by atoms with van der Waals surface area (Å²) in [5, 5.41) is 10.4. The number of rotatable bonds is 2. The second-order valence-corrected chi connectivity index (χ2v) is 4.63. The zero-order valence-corrected chi connectivity index (χ0v) is 11.4. The van der Waals surface area contributed by atoms with Gasteiger partial charge in [-0.3, -0.25) is 0 Å². The highest BCUT2D eigenvalue weighted by molar-refractivity contribution is 6.34. The summed E-state index contributed by atoms with van der Waals surface area (Å²) in [5.74, 6) is 1.39. The molecule has 4 nitrogen and oxygen atoms in total. The number of aromatic nitrogens is 2. The predicted molar refractivity (Wildman–Crippen MR) is 78.2 cm³/mol. The smallest absolute Gasteiger partial charge is 0.161 e. The van der Waals surface area contributed by atoms with Gasteiger partial charge in [-0.1, -0.05) is 23.7 Å². The average Bonchev–Trinajstić information content (AvgIpc) is 2.48. The minimum atomic E-state index is 0.136. The van der Waals surface area contributed by atoms with E-state index in [1.54, 1.807) is 25.3 Å². The van der Waals surface area contributed by atoms with E-state index in [0.29, 0.717) is 21.9 Å². The van der Waals surface area contributed by atoms with Crippen LogP contribution in [0.25, 0.3) is 22.3 Å². The molecule has 1 N–H and O–H groups in total. The molecular weight excluding hydrogens is 276 g/mol. The van der Waals surface area contributed by atoms with Gasteiger partial charge in [-0.05, 0) is 30.3 Å². The van der Waals surface area contributed by atoms with Crippen molar-refractivity contribution in [1.82, 2.24) is 9.97 Å². The first kappa shape index (κ1) is 12.7. The number of halogens is 1. The molecule has 0 aliphatic rings. The first-order chi connectivity index (χ1) is 9.67. The summed E-state index contributed by atoms with van der Waals surface area (Å²) in [6, 6.07) is 12.3. The largest absolute Gasteiger partial charge is 0.508 e. The number of aromatic hydroxyl groups is 1. The third-order valence-corrected chi connectivity index (χ3v) is 3.25. The van der Waals surface area contributed by atoms with Gasteiger partial charge in [-0.15, -0.1) is 0 Å². The van der Waals surface area contributed by atoms with Gasteiger partial charge in [0.2, 0.25) is 0 Å². The Morgan fingerprint density at radius 2 is 1.95 bits per heavy atom. The van der Waals surface area contributed by atoms with Gasteiger partial charge in [0, 0.05) is 10.9 Å². The summed E-state index contributed by atoms with van der Waals surface area (Å²) < 4.78 is 5.19. The number of phenols is 1. The van der Waals surface area contributed by atoms with Gasteiger partial charge in [0.1, 0.15) is 16.7 Å². The van der Waals surface area contributed by atoms with Gasteiger partial charge >= 0.3 is 0 Å². The van der Waals surface area contributed by atoms with Crippen LogP contribution in [0.1, 0.15) is 0 Å². The minimum Gasteiger partial charge on any atom is -0.508 e. The monoisotopic (exact) mass is 286 g/mol. The Labute approximate surface area is 120 Å². The van der Waals surface area contributed by atoms with Crippen molar-refractivity contribution < 1.29 is 9.84 Å². The molecule has 5 heteroatoms. The van der Waals surface area contributed by atoms with Crippen molar-refractivity contribution >= 4 is 22.5 Å². The SMILES string of the molecule is COc1cccc(-c2nc(Cl)c3cc(O)ccc3n2)c1. The van der Waals surface area contributed by atoms with E-state index in [1.807, 2.05) is 24.3 Å². The summed E-state index contributed by atoms with van der Waals surface area (Å²) >= 11 is 6.16. The maximum Gasteiger partial charge on any atom is 0.161 e. The van der Waals surface area contributed by atoms with Crippen LogP contribution in [0.2, 0.25) is 5.15 Å². The van der Waals surface area contributed by atoms with Gasteiger partial charge < -0.3 is 9.84 Å². The molecule has 0 amide bonds. The number of hydrogen-bond donors (Lipinski definition) is 1. The van der Waals surface area contributed by atoms with Crippen molar-refractivity contribution in [3.63, 3.8) is 0 Å². The summed E-state index contributed by atoms with van der Waals surface area (Å²) in [6.45, 7) is 0. The molecule has 1 aromatic heterocycles. The van der Waals surface area contributed by atoms with Gasteiger partial charge in [-0.25, -0.2) is 9.97 Å². The van der Waals surface area contributed by atoms with Crippen molar-refractivity contribution in [3.8, 4) is 22.9 Å². The Balaban J connectivity index is 2.19. The molecule has 0 aliphatic carbocycles. The van der Waals surface area contributed by atoms with Gasteiger partial charge in [0.05, 0.1) is 12.6 Å². The molecule has 0 unspecified atom stereocenters. The van der Waals surface area contributed by atoms with Crippen LogP contribution >= 0.6 is 11.6 Å². The number of fused-ring (bicyclic) bond motifs is 1. The van der Waals surface area contributed by atoms with E-state index in [0.717, 1.165) is 11.3 Å². The molecule has 0 spiro atoms. The lowest BCUT2D eigenvalue weighted by Gasteiger charge is -2.06. The Bertz CT molecular complexity index is 790. The Morgan fingerprint density at radius 1 is 1.10 bits per heavy atom. The van der Waals surface area contributed by atoms with E-state index >= 15 is 0 Å². The predicted octanol–water partition coefficient (Wildman–Crippen LogP) is 3.66. The highest BCUT2D eigenvalue weighted by Gasteiger charge is 2.09. The molecule has 0 saturated carbocycles. The maximum absolute atomic E-state index is 9.48. The Kier molecular flexibility index (Phi) is 3.16. The summed E-state index contributed by atoms with van der Waals surface area (Å²) in [7, 11) is 1.61. The molecule has 3 aromatic rings. The molecule has 100 valence electrons. The van der Waals surface area contributed by atoms with Gasteiger partial charge in [-0.2, -0.15) is 0 Å². The van der Waals surface area contributed by atoms with Crippen LogP contribution in [0, 0.1) is 0 Å². The maximum atomic E-state index is 9.48. The Morgan fingerprint density at radius 3 is 2.75 bits per heavy atom. The van der Waals surface area contributed by atoms with Crippen molar-refractivity contribution in [3.05, 3.63) is 47.6 Å². The number of ether oxygens (including phenoxy) is 1. The lowest BCUT2D eigenvalue weighted by Crippen LogP contribution is -1.92. The molecule has 0 fully saturated rings. The second-order valence-electron chi connectivity index (χ2n) is 4.27. The zero-order valence-electron chi connectivity index (χ0n) is 10.7. The highest BCUT2D eigenvalue weighted by Crippen LogP contribution is 2.28. The third-order valence-electron chi connectivity index (χ3n) is 2.96.